The molecule has 0 saturated heterocycles. The number of nitrogens with one attached hydrogen (secondary N) is 1. The summed E-state index contributed by atoms with van der Waals surface area (Å²) in [7, 11) is 0. The Morgan fingerprint density at radius 1 is 1.18 bits per heavy atom. The van der Waals surface area contributed by atoms with Gasteiger partial charge in [-0.1, -0.05) is 0 Å². The van der Waals surface area contributed by atoms with E-state index in [9.17, 15) is 22.8 Å². The van der Waals surface area contributed by atoms with Crippen molar-refractivity contribution in [2.24, 2.45) is 5.73 Å². The summed E-state index contributed by atoms with van der Waals surface area (Å²) >= 11 is 1.20. The fraction of sp³-hybridized carbons (Fsp3) is 0.167. The highest BCUT2D eigenvalue weighted by Crippen LogP contribution is 2.33. The van der Waals surface area contributed by atoms with Crippen molar-refractivity contribution in [1.82, 2.24) is 4.98 Å². The molecule has 146 valence electrons. The first-order valence-corrected chi connectivity index (χ1v) is 8.74. The molecule has 0 aliphatic carbocycles. The lowest BCUT2D eigenvalue weighted by Crippen LogP contribution is -2.17. The average Bonchev–Trinajstić information content (AvgIpc) is 3.20. The van der Waals surface area contributed by atoms with Gasteiger partial charge >= 0.3 is 6.18 Å². The number of hydrogen-bond donors (Lipinski definition) is 2. The smallest absolute Gasteiger partial charge is 0.416 e. The Hall–Kier alpha value is -3.14. The lowest BCUT2D eigenvalue weighted by atomic mass is 10.1. The Morgan fingerprint density at radius 2 is 1.82 bits per heavy atom. The quantitative estimate of drug-likeness (QED) is 0.668. The van der Waals surface area contributed by atoms with E-state index in [4.69, 9.17) is 10.2 Å². The second-order valence-corrected chi connectivity index (χ2v) is 7.14. The fourth-order valence-corrected chi connectivity index (χ4v) is 3.55. The highest BCUT2D eigenvalue weighted by atomic mass is 32.1. The molecular weight excluding hydrogens is 395 g/mol. The summed E-state index contributed by atoms with van der Waals surface area (Å²) < 4.78 is 43.1. The third-order valence-corrected chi connectivity index (χ3v) is 5.18. The lowest BCUT2D eigenvalue weighted by Gasteiger charge is -2.06. The number of halogens is 3. The van der Waals surface area contributed by atoms with Crippen molar-refractivity contribution in [3.8, 4) is 11.5 Å². The van der Waals surface area contributed by atoms with Crippen LogP contribution in [0.3, 0.4) is 0 Å². The van der Waals surface area contributed by atoms with Crippen molar-refractivity contribution in [1.29, 1.82) is 0 Å². The number of hydrogen-bond acceptors (Lipinski definition) is 5. The molecule has 6 nitrogen and oxygen atoms in total. The van der Waals surface area contributed by atoms with Gasteiger partial charge < -0.3 is 15.5 Å². The summed E-state index contributed by atoms with van der Waals surface area (Å²) in [6.07, 6.45) is -3.37. The topological polar surface area (TPSA) is 98.2 Å². The van der Waals surface area contributed by atoms with Crippen LogP contribution in [0, 0.1) is 13.8 Å². The minimum absolute atomic E-state index is 0.00691. The van der Waals surface area contributed by atoms with Crippen molar-refractivity contribution < 1.29 is 27.2 Å². The van der Waals surface area contributed by atoms with Gasteiger partial charge in [0.1, 0.15) is 11.3 Å². The summed E-state index contributed by atoms with van der Waals surface area (Å²) in [5.74, 6) is -1.30. The number of alkyl halides is 3. The molecule has 0 atom stereocenters. The number of rotatable bonds is 4. The van der Waals surface area contributed by atoms with Gasteiger partial charge in [0, 0.05) is 10.4 Å². The fourth-order valence-electron chi connectivity index (χ4n) is 2.49. The highest BCUT2D eigenvalue weighted by molar-refractivity contribution is 7.16. The van der Waals surface area contributed by atoms with Crippen molar-refractivity contribution in [2.75, 3.05) is 5.32 Å². The first kappa shape index (κ1) is 19.6. The van der Waals surface area contributed by atoms with Gasteiger partial charge in [0.2, 0.25) is 5.89 Å². The molecule has 0 bridgehead atoms. The second kappa shape index (κ2) is 7.12. The number of thiophene rings is 1. The summed E-state index contributed by atoms with van der Waals surface area (Å²) in [4.78, 5) is 28.9. The largest absolute Gasteiger partial charge is 0.444 e. The first-order chi connectivity index (χ1) is 13.1. The SMILES string of the molecule is Cc1sc(NC(=O)c2coc(-c3ccc(C(F)(F)F)cc3)n2)c(C(N)=O)c1C. The van der Waals surface area contributed by atoms with E-state index >= 15 is 0 Å². The van der Waals surface area contributed by atoms with E-state index in [0.29, 0.717) is 10.6 Å². The molecule has 3 aromatic rings. The molecule has 3 N–H and O–H groups in total. The van der Waals surface area contributed by atoms with Gasteiger partial charge in [-0.15, -0.1) is 11.3 Å². The highest BCUT2D eigenvalue weighted by Gasteiger charge is 2.30. The number of primary amides is 1. The van der Waals surface area contributed by atoms with Crippen molar-refractivity contribution in [3.05, 3.63) is 57.8 Å². The number of oxazole rings is 1. The van der Waals surface area contributed by atoms with Gasteiger partial charge in [-0.25, -0.2) is 4.98 Å². The molecule has 10 heteroatoms. The monoisotopic (exact) mass is 409 g/mol. The number of aromatic nitrogens is 1. The average molecular weight is 409 g/mol. The summed E-state index contributed by atoms with van der Waals surface area (Å²) in [5.41, 5.74) is 5.67. The third kappa shape index (κ3) is 3.77. The maximum atomic E-state index is 12.6. The predicted octanol–water partition coefficient (Wildman–Crippen LogP) is 4.39. The molecule has 0 unspecified atom stereocenters. The predicted molar refractivity (Wildman–Crippen MR) is 97.2 cm³/mol. The molecule has 2 amide bonds. The minimum atomic E-state index is -4.45. The number of carbonyl (C=O) groups is 2. The van der Waals surface area contributed by atoms with E-state index in [-0.39, 0.29) is 22.7 Å². The van der Waals surface area contributed by atoms with E-state index in [1.165, 1.54) is 23.5 Å². The van der Waals surface area contributed by atoms with Crippen LogP contribution in [0.15, 0.2) is 34.9 Å². The molecule has 0 aliphatic heterocycles. The van der Waals surface area contributed by atoms with Crippen LogP contribution in [0.2, 0.25) is 0 Å². The first-order valence-electron chi connectivity index (χ1n) is 7.92. The van der Waals surface area contributed by atoms with Gasteiger partial charge in [-0.3, -0.25) is 9.59 Å². The van der Waals surface area contributed by atoms with Crippen molar-refractivity contribution in [3.63, 3.8) is 0 Å². The number of aryl methyl sites for hydroxylation is 1. The van der Waals surface area contributed by atoms with Gasteiger partial charge in [0.25, 0.3) is 11.8 Å². The van der Waals surface area contributed by atoms with Crippen molar-refractivity contribution >= 4 is 28.2 Å². The number of benzene rings is 1. The number of carbonyl (C=O) groups excluding carboxylic acids is 2. The summed E-state index contributed by atoms with van der Waals surface area (Å²) in [5, 5.41) is 2.87. The summed E-state index contributed by atoms with van der Waals surface area (Å²) in [6.45, 7) is 3.52. The van der Waals surface area contributed by atoms with E-state index < -0.39 is 23.6 Å². The molecule has 0 spiro atoms. The maximum absolute atomic E-state index is 12.6. The van der Waals surface area contributed by atoms with E-state index in [1.54, 1.807) is 13.8 Å². The number of nitrogens with two attached hydrogens (primary N) is 1. The zero-order valence-electron chi connectivity index (χ0n) is 14.7. The minimum Gasteiger partial charge on any atom is -0.444 e. The van der Waals surface area contributed by atoms with Crippen LogP contribution in [-0.2, 0) is 6.18 Å². The Kier molecular flexibility index (Phi) is 4.99. The lowest BCUT2D eigenvalue weighted by molar-refractivity contribution is -0.137. The van der Waals surface area contributed by atoms with Crippen LogP contribution in [-0.4, -0.2) is 16.8 Å². The van der Waals surface area contributed by atoms with Gasteiger partial charge in [0.05, 0.1) is 11.1 Å². The molecule has 0 fully saturated rings. The number of nitrogens with zero attached hydrogens (tertiary/aromatic N) is 1. The molecule has 2 aromatic heterocycles. The third-order valence-electron chi connectivity index (χ3n) is 4.05. The Labute approximate surface area is 161 Å². The van der Waals surface area contributed by atoms with Gasteiger partial charge in [0.15, 0.2) is 5.69 Å². The maximum Gasteiger partial charge on any atom is 0.416 e. The Morgan fingerprint density at radius 3 is 2.39 bits per heavy atom. The van der Waals surface area contributed by atoms with Crippen LogP contribution in [0.5, 0.6) is 0 Å². The van der Waals surface area contributed by atoms with E-state index in [1.807, 2.05) is 0 Å². The number of amides is 2. The standard InChI is InChI=1S/C18H14F3N3O3S/c1-8-9(2)28-17(13(8)14(22)25)24-15(26)12-7-27-16(23-12)10-3-5-11(6-4-10)18(19,20)21/h3-7H,1-2H3,(H2,22,25)(H,24,26). The summed E-state index contributed by atoms with van der Waals surface area (Å²) in [6, 6.07) is 4.20. The molecule has 0 radical (unpaired) electrons. The van der Waals surface area contributed by atoms with Gasteiger partial charge in [-0.05, 0) is 43.7 Å². The molecule has 1 aromatic carbocycles. The van der Waals surface area contributed by atoms with E-state index in [2.05, 4.69) is 10.3 Å². The molecule has 2 heterocycles. The molecule has 0 saturated carbocycles. The van der Waals surface area contributed by atoms with Crippen LogP contribution in [0.1, 0.15) is 36.9 Å². The number of anilines is 1. The van der Waals surface area contributed by atoms with Crippen LogP contribution in [0.4, 0.5) is 18.2 Å². The molecular formula is C18H14F3N3O3S. The normalized spacial score (nSPS) is 11.5. The Balaban J connectivity index is 1.82. The zero-order valence-corrected chi connectivity index (χ0v) is 15.5. The van der Waals surface area contributed by atoms with Crippen LogP contribution in [0.25, 0.3) is 11.5 Å². The molecule has 3 rings (SSSR count). The second-order valence-electron chi connectivity index (χ2n) is 5.92. The molecule has 28 heavy (non-hydrogen) atoms. The Bertz CT molecular complexity index is 1050. The van der Waals surface area contributed by atoms with Crippen LogP contribution >= 0.6 is 11.3 Å². The van der Waals surface area contributed by atoms with Crippen molar-refractivity contribution in [2.45, 2.75) is 20.0 Å². The van der Waals surface area contributed by atoms with Crippen LogP contribution < -0.4 is 11.1 Å². The molecule has 0 aliphatic rings. The zero-order chi connectivity index (χ0) is 20.6. The van der Waals surface area contributed by atoms with E-state index in [0.717, 1.165) is 23.3 Å². The van der Waals surface area contributed by atoms with Gasteiger partial charge in [-0.2, -0.15) is 13.2 Å².